The first-order valence-electron chi connectivity index (χ1n) is 8.52. The quantitative estimate of drug-likeness (QED) is 0.483. The van der Waals surface area contributed by atoms with Gasteiger partial charge < -0.3 is 14.8 Å². The van der Waals surface area contributed by atoms with Gasteiger partial charge in [0.2, 0.25) is 0 Å². The Morgan fingerprint density at radius 3 is 2.59 bits per heavy atom. The maximum absolute atomic E-state index is 12.4. The van der Waals surface area contributed by atoms with Gasteiger partial charge in [0, 0.05) is 28.6 Å². The van der Waals surface area contributed by atoms with Crippen LogP contribution >= 0.6 is 23.2 Å². The number of halogens is 2. The number of hydrogen-bond acceptors (Lipinski definition) is 4. The molecule has 0 saturated carbocycles. The summed E-state index contributed by atoms with van der Waals surface area (Å²) in [4.78, 5) is 23.5. The van der Waals surface area contributed by atoms with Crippen LogP contribution in [0.25, 0.3) is 0 Å². The zero-order chi connectivity index (χ0) is 19.6. The van der Waals surface area contributed by atoms with E-state index >= 15 is 0 Å². The molecule has 5 nitrogen and oxygen atoms in total. The van der Waals surface area contributed by atoms with E-state index in [4.69, 9.17) is 27.9 Å². The van der Waals surface area contributed by atoms with Gasteiger partial charge in [-0.2, -0.15) is 0 Å². The Morgan fingerprint density at radius 2 is 1.85 bits per heavy atom. The van der Waals surface area contributed by atoms with Crippen molar-refractivity contribution >= 4 is 35.1 Å². The van der Waals surface area contributed by atoms with E-state index in [0.29, 0.717) is 47.2 Å². The number of para-hydroxylation sites is 1. The van der Waals surface area contributed by atoms with Crippen molar-refractivity contribution in [3.05, 3.63) is 63.6 Å². The monoisotopic (exact) mass is 409 g/mol. The second-order valence-electron chi connectivity index (χ2n) is 5.81. The van der Waals surface area contributed by atoms with Crippen molar-refractivity contribution in [1.82, 2.24) is 5.32 Å². The van der Waals surface area contributed by atoms with E-state index in [1.54, 1.807) is 42.5 Å². The lowest BCUT2D eigenvalue weighted by atomic mass is 10.1. The number of nitrogens with one attached hydrogen (secondary N) is 1. The number of esters is 1. The first kappa shape index (κ1) is 21.1. The number of amides is 1. The van der Waals surface area contributed by atoms with Crippen molar-refractivity contribution in [1.29, 1.82) is 0 Å². The van der Waals surface area contributed by atoms with Crippen molar-refractivity contribution < 1.29 is 19.1 Å². The largest absolute Gasteiger partial charge is 0.488 e. The highest BCUT2D eigenvalue weighted by atomic mass is 35.5. The topological polar surface area (TPSA) is 64.6 Å². The maximum Gasteiger partial charge on any atom is 0.305 e. The second-order valence-corrected chi connectivity index (χ2v) is 6.65. The molecule has 0 spiro atoms. The number of hydrogen-bond donors (Lipinski definition) is 1. The SMILES string of the molecule is COC(=O)CCCCNC(=O)c1ccccc1OCc1ccc(Cl)cc1Cl. The van der Waals surface area contributed by atoms with Gasteiger partial charge in [0.15, 0.2) is 0 Å². The summed E-state index contributed by atoms with van der Waals surface area (Å²) < 4.78 is 10.4. The van der Waals surface area contributed by atoms with E-state index in [2.05, 4.69) is 10.1 Å². The van der Waals surface area contributed by atoms with Crippen molar-refractivity contribution in [2.45, 2.75) is 25.9 Å². The highest BCUT2D eigenvalue weighted by Crippen LogP contribution is 2.24. The Hall–Kier alpha value is -2.24. The van der Waals surface area contributed by atoms with Crippen LogP contribution in [0.1, 0.15) is 35.2 Å². The zero-order valence-corrected chi connectivity index (χ0v) is 16.5. The molecule has 0 saturated heterocycles. The normalized spacial score (nSPS) is 10.3. The molecule has 0 radical (unpaired) electrons. The molecule has 1 amide bonds. The summed E-state index contributed by atoms with van der Waals surface area (Å²) in [5.41, 5.74) is 1.22. The Morgan fingerprint density at radius 1 is 1.07 bits per heavy atom. The van der Waals surface area contributed by atoms with E-state index in [1.807, 2.05) is 0 Å². The number of rotatable bonds is 9. The van der Waals surface area contributed by atoms with E-state index in [1.165, 1.54) is 7.11 Å². The summed E-state index contributed by atoms with van der Waals surface area (Å²) >= 11 is 12.0. The molecular formula is C20H21Cl2NO4. The van der Waals surface area contributed by atoms with Crippen LogP contribution in [-0.2, 0) is 16.1 Å². The highest BCUT2D eigenvalue weighted by molar-refractivity contribution is 6.35. The second kappa shape index (κ2) is 10.8. The third-order valence-electron chi connectivity index (χ3n) is 3.85. The van der Waals surface area contributed by atoms with Crippen LogP contribution in [-0.4, -0.2) is 25.5 Å². The minimum Gasteiger partial charge on any atom is -0.488 e. The molecule has 0 atom stereocenters. The predicted octanol–water partition coefficient (Wildman–Crippen LogP) is 4.65. The maximum atomic E-state index is 12.4. The number of methoxy groups -OCH3 is 1. The van der Waals surface area contributed by atoms with Crippen LogP contribution in [0.15, 0.2) is 42.5 Å². The Balaban J connectivity index is 1.90. The van der Waals surface area contributed by atoms with Crippen molar-refractivity contribution in [2.75, 3.05) is 13.7 Å². The number of unbranched alkanes of at least 4 members (excludes halogenated alkanes) is 1. The average molecular weight is 410 g/mol. The number of carbonyl (C=O) groups is 2. The summed E-state index contributed by atoms with van der Waals surface area (Å²) in [6, 6.07) is 12.2. The molecule has 0 aliphatic carbocycles. The van der Waals surface area contributed by atoms with E-state index in [0.717, 1.165) is 5.56 Å². The molecule has 0 unspecified atom stereocenters. The minimum absolute atomic E-state index is 0.222. The third kappa shape index (κ3) is 6.77. The number of carbonyl (C=O) groups excluding carboxylic acids is 2. The Labute approximate surface area is 168 Å². The molecule has 0 bridgehead atoms. The summed E-state index contributed by atoms with van der Waals surface area (Å²) in [5.74, 6) is -0.0117. The standard InChI is InChI=1S/C20H21Cl2NO4/c1-26-19(24)8-4-5-11-23-20(25)16-6-2-3-7-18(16)27-13-14-9-10-15(21)12-17(14)22/h2-3,6-7,9-10,12H,4-5,8,11,13H2,1H3,(H,23,25). The lowest BCUT2D eigenvalue weighted by Gasteiger charge is -2.12. The Bertz CT molecular complexity index is 795. The van der Waals surface area contributed by atoms with Crippen molar-refractivity contribution in [3.63, 3.8) is 0 Å². The fourth-order valence-corrected chi connectivity index (χ4v) is 2.83. The van der Waals surface area contributed by atoms with Gasteiger partial charge in [0.1, 0.15) is 12.4 Å². The molecule has 27 heavy (non-hydrogen) atoms. The molecule has 0 aliphatic rings. The van der Waals surface area contributed by atoms with Gasteiger partial charge in [-0.25, -0.2) is 0 Å². The lowest BCUT2D eigenvalue weighted by molar-refractivity contribution is -0.140. The average Bonchev–Trinajstić information content (AvgIpc) is 2.67. The van der Waals surface area contributed by atoms with E-state index in [9.17, 15) is 9.59 Å². The molecule has 7 heteroatoms. The molecule has 2 aromatic carbocycles. The molecule has 0 fully saturated rings. The third-order valence-corrected chi connectivity index (χ3v) is 4.44. The molecule has 0 aliphatic heterocycles. The van der Waals surface area contributed by atoms with E-state index in [-0.39, 0.29) is 18.5 Å². The van der Waals surface area contributed by atoms with Gasteiger partial charge in [-0.3, -0.25) is 9.59 Å². The van der Waals surface area contributed by atoms with Crippen LogP contribution in [0.3, 0.4) is 0 Å². The predicted molar refractivity (Wildman–Crippen MR) is 105 cm³/mol. The molecule has 144 valence electrons. The smallest absolute Gasteiger partial charge is 0.305 e. The summed E-state index contributed by atoms with van der Waals surface area (Å²) in [6.07, 6.45) is 1.68. The van der Waals surface area contributed by atoms with E-state index < -0.39 is 0 Å². The molecule has 1 N–H and O–H groups in total. The van der Waals surface area contributed by atoms with Crippen LogP contribution in [0.2, 0.25) is 10.0 Å². The minimum atomic E-state index is -0.249. The summed E-state index contributed by atoms with van der Waals surface area (Å²) in [7, 11) is 1.36. The molecular weight excluding hydrogens is 389 g/mol. The van der Waals surface area contributed by atoms with Crippen LogP contribution in [0, 0.1) is 0 Å². The van der Waals surface area contributed by atoms with Gasteiger partial charge in [-0.15, -0.1) is 0 Å². The number of benzene rings is 2. The van der Waals surface area contributed by atoms with Crippen LogP contribution in [0.4, 0.5) is 0 Å². The molecule has 2 aromatic rings. The van der Waals surface area contributed by atoms with Crippen LogP contribution < -0.4 is 10.1 Å². The fourth-order valence-electron chi connectivity index (χ4n) is 2.37. The van der Waals surface area contributed by atoms with Gasteiger partial charge in [0.25, 0.3) is 5.91 Å². The van der Waals surface area contributed by atoms with Gasteiger partial charge in [-0.1, -0.05) is 41.4 Å². The lowest BCUT2D eigenvalue weighted by Crippen LogP contribution is -2.25. The molecule has 0 heterocycles. The highest BCUT2D eigenvalue weighted by Gasteiger charge is 2.12. The van der Waals surface area contributed by atoms with Gasteiger partial charge in [-0.05, 0) is 37.1 Å². The number of ether oxygens (including phenoxy) is 2. The van der Waals surface area contributed by atoms with Crippen LogP contribution in [0.5, 0.6) is 5.75 Å². The zero-order valence-electron chi connectivity index (χ0n) is 15.0. The fraction of sp³-hybridized carbons (Fsp3) is 0.300. The van der Waals surface area contributed by atoms with Gasteiger partial charge in [0.05, 0.1) is 12.7 Å². The summed E-state index contributed by atoms with van der Waals surface area (Å²) in [6.45, 7) is 0.687. The van der Waals surface area contributed by atoms with Crippen molar-refractivity contribution in [2.24, 2.45) is 0 Å². The molecule has 0 aromatic heterocycles. The van der Waals surface area contributed by atoms with Gasteiger partial charge >= 0.3 is 5.97 Å². The first-order chi connectivity index (χ1) is 13.0. The van der Waals surface area contributed by atoms with Crippen molar-refractivity contribution in [3.8, 4) is 5.75 Å². The Kier molecular flexibility index (Phi) is 8.43. The molecule has 2 rings (SSSR count). The first-order valence-corrected chi connectivity index (χ1v) is 9.27. The summed E-state index contributed by atoms with van der Waals surface area (Å²) in [5, 5.41) is 3.89.